The highest BCUT2D eigenvalue weighted by atomic mass is 35.5. The predicted molar refractivity (Wildman–Crippen MR) is 107 cm³/mol. The molecule has 0 saturated carbocycles. The lowest BCUT2D eigenvalue weighted by Gasteiger charge is -2.28. The smallest absolute Gasteiger partial charge is 0.322 e. The van der Waals surface area contributed by atoms with E-state index in [1.54, 1.807) is 29.6 Å². The standard InChI is InChI=1S/C19H18ClFN6O3/c1-11-7-17(24-30-11)25(2)18(28)13-9-22-27-6-5-26(10-16(13)27)19(29)23-12-3-4-15(21)14(20)8-12/h3-4,7-9H,5-6,10H2,1-2H3,(H,23,29). The van der Waals surface area contributed by atoms with Crippen LogP contribution >= 0.6 is 11.6 Å². The number of aromatic nitrogens is 3. The van der Waals surface area contributed by atoms with Crippen molar-refractivity contribution in [2.75, 3.05) is 23.8 Å². The Morgan fingerprint density at radius 1 is 1.30 bits per heavy atom. The summed E-state index contributed by atoms with van der Waals surface area (Å²) in [6, 6.07) is 5.22. The van der Waals surface area contributed by atoms with E-state index in [-0.39, 0.29) is 23.5 Å². The molecule has 0 fully saturated rings. The Morgan fingerprint density at radius 2 is 2.10 bits per heavy atom. The zero-order chi connectivity index (χ0) is 21.4. The lowest BCUT2D eigenvalue weighted by molar-refractivity contribution is 0.0988. The van der Waals surface area contributed by atoms with Gasteiger partial charge >= 0.3 is 6.03 Å². The Hall–Kier alpha value is -3.40. The molecule has 11 heteroatoms. The minimum absolute atomic E-state index is 0.0801. The second-order valence-electron chi connectivity index (χ2n) is 6.87. The van der Waals surface area contributed by atoms with E-state index in [2.05, 4.69) is 15.6 Å². The molecule has 2 aromatic heterocycles. The zero-order valence-electron chi connectivity index (χ0n) is 16.2. The van der Waals surface area contributed by atoms with Gasteiger partial charge in [0.05, 0.1) is 35.6 Å². The number of amides is 3. The van der Waals surface area contributed by atoms with Crippen LogP contribution in [0.3, 0.4) is 0 Å². The van der Waals surface area contributed by atoms with Crippen LogP contribution < -0.4 is 10.2 Å². The average Bonchev–Trinajstić information content (AvgIpc) is 3.35. The van der Waals surface area contributed by atoms with Crippen LogP contribution in [0.5, 0.6) is 0 Å². The summed E-state index contributed by atoms with van der Waals surface area (Å²) in [4.78, 5) is 28.5. The quantitative estimate of drug-likeness (QED) is 0.685. The SMILES string of the molecule is Cc1cc(N(C)C(=O)c2cnn3c2CN(C(=O)Nc2ccc(F)c(Cl)c2)CC3)no1. The molecule has 0 atom stereocenters. The van der Waals surface area contributed by atoms with Gasteiger partial charge in [-0.05, 0) is 25.1 Å². The molecular weight excluding hydrogens is 415 g/mol. The van der Waals surface area contributed by atoms with Gasteiger partial charge in [-0.15, -0.1) is 0 Å². The summed E-state index contributed by atoms with van der Waals surface area (Å²) >= 11 is 5.77. The van der Waals surface area contributed by atoms with Crippen molar-refractivity contribution >= 4 is 35.0 Å². The minimum atomic E-state index is -0.564. The van der Waals surface area contributed by atoms with Gasteiger partial charge in [0.15, 0.2) is 5.82 Å². The molecule has 30 heavy (non-hydrogen) atoms. The highest BCUT2D eigenvalue weighted by Crippen LogP contribution is 2.23. The molecule has 0 saturated heterocycles. The van der Waals surface area contributed by atoms with Crippen molar-refractivity contribution in [3.8, 4) is 0 Å². The zero-order valence-corrected chi connectivity index (χ0v) is 17.0. The van der Waals surface area contributed by atoms with Crippen LogP contribution in [0, 0.1) is 12.7 Å². The molecule has 1 aromatic carbocycles. The number of anilines is 2. The first-order chi connectivity index (χ1) is 14.3. The van der Waals surface area contributed by atoms with E-state index in [4.69, 9.17) is 16.1 Å². The van der Waals surface area contributed by atoms with Gasteiger partial charge in [-0.2, -0.15) is 5.10 Å². The van der Waals surface area contributed by atoms with E-state index in [0.29, 0.717) is 41.6 Å². The Morgan fingerprint density at radius 3 is 2.80 bits per heavy atom. The molecule has 0 aliphatic carbocycles. The van der Waals surface area contributed by atoms with Gasteiger partial charge in [0.1, 0.15) is 11.6 Å². The molecule has 3 amide bonds. The van der Waals surface area contributed by atoms with E-state index < -0.39 is 5.82 Å². The molecule has 1 aliphatic heterocycles. The molecule has 3 aromatic rings. The number of aryl methyl sites for hydroxylation is 1. The molecule has 1 aliphatic rings. The fourth-order valence-electron chi connectivity index (χ4n) is 3.17. The highest BCUT2D eigenvalue weighted by Gasteiger charge is 2.29. The number of carbonyl (C=O) groups excluding carboxylic acids is 2. The number of benzene rings is 1. The van der Waals surface area contributed by atoms with Gasteiger partial charge in [-0.25, -0.2) is 9.18 Å². The van der Waals surface area contributed by atoms with Crippen LogP contribution in [0.25, 0.3) is 0 Å². The van der Waals surface area contributed by atoms with E-state index in [1.807, 2.05) is 0 Å². The van der Waals surface area contributed by atoms with E-state index in [1.165, 1.54) is 29.3 Å². The fraction of sp³-hybridized carbons (Fsp3) is 0.263. The number of nitrogens with zero attached hydrogens (tertiary/aromatic N) is 5. The first kappa shape index (κ1) is 19.9. The number of nitrogens with one attached hydrogen (secondary N) is 1. The van der Waals surface area contributed by atoms with Crippen molar-refractivity contribution in [3.05, 3.63) is 58.3 Å². The Balaban J connectivity index is 1.50. The number of carbonyl (C=O) groups is 2. The summed E-state index contributed by atoms with van der Waals surface area (Å²) < 4.78 is 20.0. The van der Waals surface area contributed by atoms with Crippen LogP contribution in [0.15, 0.2) is 35.0 Å². The van der Waals surface area contributed by atoms with Crippen molar-refractivity contribution < 1.29 is 18.5 Å². The molecule has 0 radical (unpaired) electrons. The van der Waals surface area contributed by atoms with E-state index in [0.717, 1.165) is 0 Å². The largest absolute Gasteiger partial charge is 0.360 e. The lowest BCUT2D eigenvalue weighted by atomic mass is 10.2. The average molecular weight is 433 g/mol. The van der Waals surface area contributed by atoms with Gasteiger partial charge in [-0.3, -0.25) is 14.4 Å². The maximum absolute atomic E-state index is 13.3. The fourth-order valence-corrected chi connectivity index (χ4v) is 3.35. The van der Waals surface area contributed by atoms with Crippen LogP contribution in [-0.4, -0.2) is 45.4 Å². The first-order valence-corrected chi connectivity index (χ1v) is 9.48. The number of urea groups is 1. The van der Waals surface area contributed by atoms with Crippen molar-refractivity contribution in [2.45, 2.75) is 20.0 Å². The summed E-state index contributed by atoms with van der Waals surface area (Å²) in [5.74, 6) is 0.102. The summed E-state index contributed by atoms with van der Waals surface area (Å²) in [7, 11) is 1.59. The molecule has 0 unspecified atom stereocenters. The third kappa shape index (κ3) is 3.73. The summed E-state index contributed by atoms with van der Waals surface area (Å²) in [6.07, 6.45) is 1.49. The van der Waals surface area contributed by atoms with Crippen molar-refractivity contribution in [3.63, 3.8) is 0 Å². The van der Waals surface area contributed by atoms with Gasteiger partial charge in [-0.1, -0.05) is 16.8 Å². The highest BCUT2D eigenvalue weighted by molar-refractivity contribution is 6.31. The number of hydrogen-bond acceptors (Lipinski definition) is 5. The second kappa shape index (κ2) is 7.79. The topological polar surface area (TPSA) is 96.5 Å². The van der Waals surface area contributed by atoms with Crippen LogP contribution in [0.1, 0.15) is 21.8 Å². The van der Waals surface area contributed by atoms with E-state index >= 15 is 0 Å². The first-order valence-electron chi connectivity index (χ1n) is 9.10. The van der Waals surface area contributed by atoms with Gasteiger partial charge in [0.25, 0.3) is 5.91 Å². The monoisotopic (exact) mass is 432 g/mol. The Labute approximate surface area is 176 Å². The molecule has 0 spiro atoms. The third-order valence-corrected chi connectivity index (χ3v) is 5.11. The molecule has 156 valence electrons. The van der Waals surface area contributed by atoms with E-state index in [9.17, 15) is 14.0 Å². The van der Waals surface area contributed by atoms with Gasteiger partial charge < -0.3 is 14.7 Å². The third-order valence-electron chi connectivity index (χ3n) is 4.82. The summed E-state index contributed by atoms with van der Waals surface area (Å²) in [5.41, 5.74) is 1.37. The summed E-state index contributed by atoms with van der Waals surface area (Å²) in [6.45, 7) is 2.77. The van der Waals surface area contributed by atoms with Crippen molar-refractivity contribution in [1.29, 1.82) is 0 Å². The summed E-state index contributed by atoms with van der Waals surface area (Å²) in [5, 5.41) is 10.7. The van der Waals surface area contributed by atoms with Crippen LogP contribution in [0.2, 0.25) is 5.02 Å². The molecule has 4 rings (SSSR count). The molecule has 3 heterocycles. The molecular formula is C19H18ClFN6O3. The maximum Gasteiger partial charge on any atom is 0.322 e. The number of hydrogen-bond donors (Lipinski definition) is 1. The molecule has 9 nitrogen and oxygen atoms in total. The van der Waals surface area contributed by atoms with Crippen molar-refractivity contribution in [2.24, 2.45) is 0 Å². The predicted octanol–water partition coefficient (Wildman–Crippen LogP) is 3.30. The van der Waals surface area contributed by atoms with Crippen LogP contribution in [0.4, 0.5) is 20.7 Å². The number of rotatable bonds is 3. The lowest BCUT2D eigenvalue weighted by Crippen LogP contribution is -2.41. The van der Waals surface area contributed by atoms with Gasteiger partial charge in [0, 0.05) is 25.3 Å². The normalized spacial score (nSPS) is 13.1. The minimum Gasteiger partial charge on any atom is -0.360 e. The van der Waals surface area contributed by atoms with Crippen LogP contribution in [-0.2, 0) is 13.1 Å². The number of halogens is 2. The molecule has 1 N–H and O–H groups in total. The van der Waals surface area contributed by atoms with Gasteiger partial charge in [0.2, 0.25) is 0 Å². The Kier molecular flexibility index (Phi) is 5.17. The second-order valence-corrected chi connectivity index (χ2v) is 7.28. The molecule has 0 bridgehead atoms. The Bertz CT molecular complexity index is 1130. The van der Waals surface area contributed by atoms with Crippen molar-refractivity contribution in [1.82, 2.24) is 19.8 Å². The maximum atomic E-state index is 13.3. The number of fused-ring (bicyclic) bond motifs is 1.